The summed E-state index contributed by atoms with van der Waals surface area (Å²) in [4.78, 5) is 11.1. The number of likely N-dealkylation sites (tertiary alicyclic amines) is 1. The van der Waals surface area contributed by atoms with Gasteiger partial charge in [0.15, 0.2) is 5.96 Å². The fourth-order valence-electron chi connectivity index (χ4n) is 3.16. The second kappa shape index (κ2) is 11.6. The van der Waals surface area contributed by atoms with E-state index in [1.165, 1.54) is 0 Å². The van der Waals surface area contributed by atoms with Crippen LogP contribution in [-0.4, -0.2) is 60.9 Å². The third kappa shape index (κ3) is 6.31. The van der Waals surface area contributed by atoms with E-state index in [9.17, 15) is 0 Å². The van der Waals surface area contributed by atoms with Gasteiger partial charge < -0.3 is 19.5 Å². The third-order valence-electron chi connectivity index (χ3n) is 4.53. The molecule has 3 rings (SSSR count). The molecule has 0 radical (unpaired) electrons. The van der Waals surface area contributed by atoms with Crippen LogP contribution in [0.2, 0.25) is 5.02 Å². The van der Waals surface area contributed by atoms with Crippen molar-refractivity contribution in [2.75, 3.05) is 39.9 Å². The monoisotopic (exact) mass is 519 g/mol. The minimum absolute atomic E-state index is 0. The molecule has 1 aromatic heterocycles. The Hall–Kier alpha value is -1.39. The Morgan fingerprint density at radius 3 is 3.07 bits per heavy atom. The van der Waals surface area contributed by atoms with Gasteiger partial charge in [0.1, 0.15) is 0 Å². The van der Waals surface area contributed by atoms with E-state index in [1.807, 2.05) is 38.2 Å². The Morgan fingerprint density at radius 1 is 1.46 bits per heavy atom. The Labute approximate surface area is 187 Å². The van der Waals surface area contributed by atoms with Crippen LogP contribution in [-0.2, 0) is 11.2 Å². The van der Waals surface area contributed by atoms with Gasteiger partial charge in [0.25, 0.3) is 0 Å². The highest BCUT2D eigenvalue weighted by molar-refractivity contribution is 14.0. The number of benzene rings is 1. The average Bonchev–Trinajstić information content (AvgIpc) is 3.33. The van der Waals surface area contributed by atoms with E-state index in [-0.39, 0.29) is 24.0 Å². The summed E-state index contributed by atoms with van der Waals surface area (Å²) in [5, 5.41) is 8.07. The predicted molar refractivity (Wildman–Crippen MR) is 121 cm³/mol. The van der Waals surface area contributed by atoms with Gasteiger partial charge >= 0.3 is 0 Å². The van der Waals surface area contributed by atoms with Gasteiger partial charge in [-0.2, -0.15) is 4.98 Å². The number of rotatable bonds is 7. The molecule has 0 amide bonds. The second-order valence-corrected chi connectivity index (χ2v) is 6.94. The fraction of sp³-hybridized carbons (Fsp3) is 0.526. The number of guanidine groups is 1. The third-order valence-corrected chi connectivity index (χ3v) is 4.76. The molecule has 9 heteroatoms. The maximum Gasteiger partial charge on any atom is 0.228 e. The zero-order chi connectivity index (χ0) is 19.1. The molecule has 2 aromatic rings. The van der Waals surface area contributed by atoms with Crippen LogP contribution in [0.5, 0.6) is 0 Å². The first-order chi connectivity index (χ1) is 13.2. The van der Waals surface area contributed by atoms with Gasteiger partial charge in [0.2, 0.25) is 11.7 Å². The lowest BCUT2D eigenvalue weighted by Gasteiger charge is -2.21. The number of nitrogens with zero attached hydrogens (tertiary/aromatic N) is 4. The number of nitrogens with one attached hydrogen (secondary N) is 1. The van der Waals surface area contributed by atoms with E-state index in [2.05, 4.69) is 25.3 Å². The largest absolute Gasteiger partial charge is 0.381 e. The number of aliphatic imine (C=N–C) groups is 1. The molecular formula is C19H27ClIN5O2. The quantitative estimate of drug-likeness (QED) is 0.343. The topological polar surface area (TPSA) is 75.8 Å². The maximum atomic E-state index is 6.01. The van der Waals surface area contributed by atoms with Crippen molar-refractivity contribution in [3.63, 3.8) is 0 Å². The van der Waals surface area contributed by atoms with Crippen LogP contribution in [0, 0.1) is 5.92 Å². The van der Waals surface area contributed by atoms with Gasteiger partial charge in [-0.1, -0.05) is 28.9 Å². The first kappa shape index (κ1) is 22.9. The fourth-order valence-corrected chi connectivity index (χ4v) is 3.35. The van der Waals surface area contributed by atoms with Crippen molar-refractivity contribution in [1.82, 2.24) is 20.4 Å². The highest BCUT2D eigenvalue weighted by Crippen LogP contribution is 2.20. The summed E-state index contributed by atoms with van der Waals surface area (Å²) in [6.45, 7) is 6.26. The van der Waals surface area contributed by atoms with Crippen LogP contribution < -0.4 is 5.32 Å². The molecular weight excluding hydrogens is 493 g/mol. The van der Waals surface area contributed by atoms with Crippen molar-refractivity contribution >= 4 is 41.5 Å². The molecule has 1 aromatic carbocycles. The Morgan fingerprint density at radius 2 is 2.32 bits per heavy atom. The number of hydrogen-bond donors (Lipinski definition) is 1. The molecule has 0 aliphatic carbocycles. The van der Waals surface area contributed by atoms with Gasteiger partial charge in [-0.05, 0) is 25.5 Å². The van der Waals surface area contributed by atoms with Crippen molar-refractivity contribution in [3.05, 3.63) is 35.2 Å². The Kier molecular flexibility index (Phi) is 9.46. The number of hydrogen-bond acceptors (Lipinski definition) is 5. The number of ether oxygens (including phenoxy) is 1. The summed E-state index contributed by atoms with van der Waals surface area (Å²) >= 11 is 6.01. The molecule has 1 N–H and O–H groups in total. The lowest BCUT2D eigenvalue weighted by atomic mass is 10.1. The number of halogens is 2. The maximum absolute atomic E-state index is 6.01. The summed E-state index contributed by atoms with van der Waals surface area (Å²) in [6, 6.07) is 7.42. The van der Waals surface area contributed by atoms with Crippen LogP contribution in [0.25, 0.3) is 11.4 Å². The van der Waals surface area contributed by atoms with Gasteiger partial charge in [0, 0.05) is 56.2 Å². The van der Waals surface area contributed by atoms with E-state index in [0.29, 0.717) is 35.6 Å². The highest BCUT2D eigenvalue weighted by atomic mass is 127. The minimum atomic E-state index is 0. The molecule has 1 saturated heterocycles. The van der Waals surface area contributed by atoms with Gasteiger partial charge in [-0.15, -0.1) is 24.0 Å². The molecule has 2 heterocycles. The molecule has 0 spiro atoms. The normalized spacial score (nSPS) is 16.9. The molecule has 1 atom stereocenters. The van der Waals surface area contributed by atoms with Crippen LogP contribution in [0.1, 0.15) is 19.2 Å². The van der Waals surface area contributed by atoms with Crippen LogP contribution in [0.3, 0.4) is 0 Å². The van der Waals surface area contributed by atoms with Crippen LogP contribution in [0.15, 0.2) is 33.8 Å². The predicted octanol–water partition coefficient (Wildman–Crippen LogP) is 3.48. The zero-order valence-electron chi connectivity index (χ0n) is 16.2. The first-order valence-electron chi connectivity index (χ1n) is 9.31. The summed E-state index contributed by atoms with van der Waals surface area (Å²) in [5.74, 6) is 2.61. The van der Waals surface area contributed by atoms with Crippen molar-refractivity contribution in [1.29, 1.82) is 0 Å². The van der Waals surface area contributed by atoms with Gasteiger partial charge in [0.05, 0.1) is 6.61 Å². The van der Waals surface area contributed by atoms with Crippen molar-refractivity contribution in [2.24, 2.45) is 10.9 Å². The SMILES string of the molecule is CCOCC1CCN(C(=NC)NCCc2nc(-c3cccc(Cl)c3)no2)C1.I. The molecule has 0 bridgehead atoms. The smallest absolute Gasteiger partial charge is 0.228 e. The molecule has 1 fully saturated rings. The standard InChI is InChI=1S/C19H26ClN5O2.HI/c1-3-26-13-14-8-10-25(12-14)19(21-2)22-9-7-17-23-18(24-27-17)15-5-4-6-16(20)11-15;/h4-6,11,14H,3,7-10,12-13H2,1-2H3,(H,21,22);1H. The van der Waals surface area contributed by atoms with E-state index in [4.69, 9.17) is 20.9 Å². The summed E-state index contributed by atoms with van der Waals surface area (Å²) in [7, 11) is 1.81. The first-order valence-corrected chi connectivity index (χ1v) is 9.69. The van der Waals surface area contributed by atoms with Gasteiger partial charge in [-0.25, -0.2) is 0 Å². The Balaban J connectivity index is 0.00000280. The van der Waals surface area contributed by atoms with Crippen molar-refractivity contribution in [3.8, 4) is 11.4 Å². The lowest BCUT2D eigenvalue weighted by molar-refractivity contribution is 0.114. The molecule has 0 saturated carbocycles. The summed E-state index contributed by atoms with van der Waals surface area (Å²) in [6.07, 6.45) is 1.76. The molecule has 1 unspecified atom stereocenters. The lowest BCUT2D eigenvalue weighted by Crippen LogP contribution is -2.41. The molecule has 154 valence electrons. The minimum Gasteiger partial charge on any atom is -0.381 e. The molecule has 1 aliphatic heterocycles. The van der Waals surface area contributed by atoms with Crippen molar-refractivity contribution < 1.29 is 9.26 Å². The van der Waals surface area contributed by atoms with Crippen LogP contribution in [0.4, 0.5) is 0 Å². The summed E-state index contributed by atoms with van der Waals surface area (Å²) < 4.78 is 10.9. The second-order valence-electron chi connectivity index (χ2n) is 6.51. The molecule has 28 heavy (non-hydrogen) atoms. The average molecular weight is 520 g/mol. The Bertz CT molecular complexity index is 770. The van der Waals surface area contributed by atoms with Gasteiger partial charge in [-0.3, -0.25) is 4.99 Å². The molecule has 1 aliphatic rings. The molecule has 7 nitrogen and oxygen atoms in total. The van der Waals surface area contributed by atoms with Crippen molar-refractivity contribution in [2.45, 2.75) is 19.8 Å². The van der Waals surface area contributed by atoms with E-state index >= 15 is 0 Å². The zero-order valence-corrected chi connectivity index (χ0v) is 19.3. The van der Waals surface area contributed by atoms with E-state index in [0.717, 1.165) is 44.2 Å². The van der Waals surface area contributed by atoms with Crippen LogP contribution >= 0.6 is 35.6 Å². The highest BCUT2D eigenvalue weighted by Gasteiger charge is 2.24. The van der Waals surface area contributed by atoms with E-state index < -0.39 is 0 Å². The van der Waals surface area contributed by atoms with E-state index in [1.54, 1.807) is 0 Å². The number of aromatic nitrogens is 2. The summed E-state index contributed by atoms with van der Waals surface area (Å²) in [5.41, 5.74) is 0.846.